The van der Waals surface area contributed by atoms with Crippen molar-refractivity contribution in [3.63, 3.8) is 0 Å². The second-order valence-corrected chi connectivity index (χ2v) is 6.19. The van der Waals surface area contributed by atoms with Crippen molar-refractivity contribution in [1.82, 2.24) is 15.1 Å². The third-order valence-electron chi connectivity index (χ3n) is 4.39. The Labute approximate surface area is 135 Å². The summed E-state index contributed by atoms with van der Waals surface area (Å²) in [4.78, 5) is 8.50. The Bertz CT molecular complexity index is 660. The van der Waals surface area contributed by atoms with E-state index in [9.17, 15) is 5.11 Å². The van der Waals surface area contributed by atoms with E-state index in [4.69, 9.17) is 10.3 Å². The van der Waals surface area contributed by atoms with Gasteiger partial charge in [0.05, 0.1) is 17.5 Å². The van der Waals surface area contributed by atoms with Gasteiger partial charge >= 0.3 is 0 Å². The van der Waals surface area contributed by atoms with Crippen LogP contribution in [0.3, 0.4) is 0 Å². The average molecular weight is 317 g/mol. The lowest BCUT2D eigenvalue weighted by molar-refractivity contribution is 0.0732. The van der Waals surface area contributed by atoms with Crippen LogP contribution in [-0.2, 0) is 6.42 Å². The maximum absolute atomic E-state index is 9.42. The van der Waals surface area contributed by atoms with Crippen molar-refractivity contribution in [3.8, 4) is 0 Å². The smallest absolute Gasteiger partial charge is 0.222 e. The molecular formula is C16H23N5O2. The van der Waals surface area contributed by atoms with Crippen molar-refractivity contribution in [2.24, 2.45) is 0 Å². The van der Waals surface area contributed by atoms with E-state index in [2.05, 4.69) is 20.4 Å². The van der Waals surface area contributed by atoms with Gasteiger partial charge in [-0.25, -0.2) is 4.98 Å². The molecule has 0 radical (unpaired) electrons. The van der Waals surface area contributed by atoms with Gasteiger partial charge in [-0.1, -0.05) is 5.16 Å². The van der Waals surface area contributed by atoms with Gasteiger partial charge in [0.15, 0.2) is 0 Å². The first-order valence-electron chi connectivity index (χ1n) is 8.01. The molecule has 1 aliphatic carbocycles. The molecule has 7 heteroatoms. The molecule has 0 amide bonds. The summed E-state index contributed by atoms with van der Waals surface area (Å²) in [5.74, 6) is 2.20. The van der Waals surface area contributed by atoms with Gasteiger partial charge in [-0.05, 0) is 39.5 Å². The van der Waals surface area contributed by atoms with Gasteiger partial charge < -0.3 is 20.7 Å². The van der Waals surface area contributed by atoms with Gasteiger partial charge in [0, 0.05) is 24.1 Å². The van der Waals surface area contributed by atoms with Crippen LogP contribution < -0.4 is 11.1 Å². The Balaban J connectivity index is 1.54. The van der Waals surface area contributed by atoms with Gasteiger partial charge in [0.2, 0.25) is 5.95 Å². The van der Waals surface area contributed by atoms with Crippen molar-refractivity contribution >= 4 is 11.8 Å². The Morgan fingerprint density at radius 3 is 2.78 bits per heavy atom. The maximum atomic E-state index is 9.42. The van der Waals surface area contributed by atoms with Crippen LogP contribution in [0.1, 0.15) is 47.9 Å². The van der Waals surface area contributed by atoms with Gasteiger partial charge in [0.25, 0.3) is 0 Å². The number of aliphatic hydroxyl groups is 1. The van der Waals surface area contributed by atoms with E-state index in [-0.39, 0.29) is 18.0 Å². The van der Waals surface area contributed by atoms with Crippen LogP contribution in [0.2, 0.25) is 0 Å². The van der Waals surface area contributed by atoms with E-state index >= 15 is 0 Å². The summed E-state index contributed by atoms with van der Waals surface area (Å²) in [6.07, 6.45) is 3.16. The lowest BCUT2D eigenvalue weighted by Gasteiger charge is -2.30. The maximum Gasteiger partial charge on any atom is 0.222 e. The second-order valence-electron chi connectivity index (χ2n) is 6.19. The quantitative estimate of drug-likeness (QED) is 0.698. The molecule has 23 heavy (non-hydrogen) atoms. The van der Waals surface area contributed by atoms with Crippen molar-refractivity contribution in [2.75, 3.05) is 17.6 Å². The van der Waals surface area contributed by atoms with Crippen LogP contribution in [0.25, 0.3) is 0 Å². The highest BCUT2D eigenvalue weighted by atomic mass is 16.5. The van der Waals surface area contributed by atoms with Crippen LogP contribution in [-0.4, -0.2) is 32.9 Å². The van der Waals surface area contributed by atoms with Gasteiger partial charge in [-0.3, -0.25) is 0 Å². The lowest BCUT2D eigenvalue weighted by Crippen LogP contribution is -2.27. The topological polar surface area (TPSA) is 110 Å². The Hall–Kier alpha value is -2.15. The number of nitrogens with zero attached hydrogens (tertiary/aromatic N) is 3. The number of nitrogen functional groups attached to an aromatic ring is 1. The molecule has 0 bridgehead atoms. The van der Waals surface area contributed by atoms with Gasteiger partial charge in [-0.15, -0.1) is 0 Å². The summed E-state index contributed by atoms with van der Waals surface area (Å²) in [7, 11) is 0. The molecule has 7 nitrogen and oxygen atoms in total. The zero-order valence-corrected chi connectivity index (χ0v) is 13.5. The molecule has 0 saturated heterocycles. The zero-order chi connectivity index (χ0) is 16.4. The van der Waals surface area contributed by atoms with E-state index in [1.165, 1.54) is 5.56 Å². The number of rotatable bonds is 6. The summed E-state index contributed by atoms with van der Waals surface area (Å²) < 4.78 is 5.17. The van der Waals surface area contributed by atoms with Crippen LogP contribution in [0.5, 0.6) is 0 Å². The summed E-state index contributed by atoms with van der Waals surface area (Å²) in [5, 5.41) is 16.7. The molecule has 1 fully saturated rings. The molecule has 4 N–H and O–H groups in total. The third kappa shape index (κ3) is 3.61. The lowest BCUT2D eigenvalue weighted by atomic mass is 9.80. The molecular weight excluding hydrogens is 294 g/mol. The van der Waals surface area contributed by atoms with E-state index in [0.717, 1.165) is 55.2 Å². The summed E-state index contributed by atoms with van der Waals surface area (Å²) in [5.41, 5.74) is 8.84. The molecule has 0 unspecified atom stereocenters. The average Bonchev–Trinajstić information content (AvgIpc) is 2.79. The molecule has 124 valence electrons. The molecule has 2 aromatic rings. The van der Waals surface area contributed by atoms with Crippen molar-refractivity contribution in [3.05, 3.63) is 28.8 Å². The summed E-state index contributed by atoms with van der Waals surface area (Å²) in [6.45, 7) is 4.68. The Kier molecular flexibility index (Phi) is 4.47. The van der Waals surface area contributed by atoms with E-state index < -0.39 is 0 Å². The van der Waals surface area contributed by atoms with E-state index in [1.54, 1.807) is 0 Å². The van der Waals surface area contributed by atoms with Gasteiger partial charge in [0.1, 0.15) is 11.6 Å². The number of nitrogens with one attached hydrogen (secondary N) is 1. The number of hydrogen-bond acceptors (Lipinski definition) is 7. The fourth-order valence-electron chi connectivity index (χ4n) is 2.95. The van der Waals surface area contributed by atoms with E-state index in [1.807, 2.05) is 19.9 Å². The minimum absolute atomic E-state index is 0.206. The SMILES string of the molecule is Cc1noc(C)c1CCCNc1cc(C2CC(O)C2)nc(N)n1. The number of aliphatic hydroxyl groups excluding tert-OH is 1. The van der Waals surface area contributed by atoms with Crippen molar-refractivity contribution in [1.29, 1.82) is 0 Å². The minimum atomic E-state index is -0.206. The highest BCUT2D eigenvalue weighted by molar-refractivity contribution is 5.42. The Morgan fingerprint density at radius 2 is 2.13 bits per heavy atom. The normalized spacial score (nSPS) is 20.3. The second kappa shape index (κ2) is 6.54. The minimum Gasteiger partial charge on any atom is -0.393 e. The molecule has 3 rings (SSSR count). The summed E-state index contributed by atoms with van der Waals surface area (Å²) >= 11 is 0. The molecule has 0 aliphatic heterocycles. The highest BCUT2D eigenvalue weighted by Crippen LogP contribution is 2.36. The van der Waals surface area contributed by atoms with Crippen molar-refractivity contribution < 1.29 is 9.63 Å². The van der Waals surface area contributed by atoms with E-state index in [0.29, 0.717) is 0 Å². The largest absolute Gasteiger partial charge is 0.393 e. The molecule has 0 aromatic carbocycles. The number of aromatic nitrogens is 3. The predicted octanol–water partition coefficient (Wildman–Crippen LogP) is 1.95. The highest BCUT2D eigenvalue weighted by Gasteiger charge is 2.30. The fourth-order valence-corrected chi connectivity index (χ4v) is 2.95. The first-order chi connectivity index (χ1) is 11.0. The van der Waals surface area contributed by atoms with Gasteiger partial charge in [-0.2, -0.15) is 4.98 Å². The standard InChI is InChI=1S/C16H23N5O2/c1-9-13(10(2)23-21-9)4-3-5-18-15-8-14(19-16(17)20-15)11-6-12(22)7-11/h8,11-12,22H,3-7H2,1-2H3,(H3,17,18,19,20). The van der Waals surface area contributed by atoms with Crippen LogP contribution >= 0.6 is 0 Å². The molecule has 0 atom stereocenters. The van der Waals surface area contributed by atoms with Crippen LogP contribution in [0.15, 0.2) is 10.6 Å². The summed E-state index contributed by atoms with van der Waals surface area (Å²) in [6, 6.07) is 1.93. The number of hydrogen-bond donors (Lipinski definition) is 3. The number of nitrogens with two attached hydrogens (primary N) is 1. The molecule has 0 spiro atoms. The predicted molar refractivity (Wildman–Crippen MR) is 87.2 cm³/mol. The van der Waals surface area contributed by atoms with Crippen LogP contribution in [0, 0.1) is 13.8 Å². The Morgan fingerprint density at radius 1 is 1.35 bits per heavy atom. The fraction of sp³-hybridized carbons (Fsp3) is 0.562. The first kappa shape index (κ1) is 15.7. The number of anilines is 2. The van der Waals surface area contributed by atoms with Crippen molar-refractivity contribution in [2.45, 2.75) is 51.6 Å². The number of aryl methyl sites for hydroxylation is 2. The first-order valence-corrected chi connectivity index (χ1v) is 8.01. The molecule has 2 aromatic heterocycles. The molecule has 2 heterocycles. The zero-order valence-electron chi connectivity index (χ0n) is 13.5. The molecule has 1 saturated carbocycles. The molecule has 1 aliphatic rings. The van der Waals surface area contributed by atoms with Crippen LogP contribution in [0.4, 0.5) is 11.8 Å². The third-order valence-corrected chi connectivity index (χ3v) is 4.39. The monoisotopic (exact) mass is 317 g/mol.